The summed E-state index contributed by atoms with van der Waals surface area (Å²) in [7, 11) is 0. The molecule has 0 spiro atoms. The number of thioether (sulfide) groups is 1. The Morgan fingerprint density at radius 1 is 1.19 bits per heavy atom. The van der Waals surface area contributed by atoms with Gasteiger partial charge in [0, 0.05) is 16.8 Å². The van der Waals surface area contributed by atoms with Gasteiger partial charge in [-0.25, -0.2) is 4.98 Å². The monoisotopic (exact) mass is 403 g/mol. The maximum Gasteiger partial charge on any atom is 0.257 e. The molecule has 0 bridgehead atoms. The van der Waals surface area contributed by atoms with Crippen LogP contribution in [0.1, 0.15) is 11.1 Å². The molecule has 0 aliphatic carbocycles. The second kappa shape index (κ2) is 8.45. The van der Waals surface area contributed by atoms with Crippen LogP contribution in [0, 0.1) is 13.8 Å². The zero-order valence-corrected chi connectivity index (χ0v) is 16.4. The van der Waals surface area contributed by atoms with Crippen molar-refractivity contribution >= 4 is 52.0 Å². The molecule has 2 amide bonds. The van der Waals surface area contributed by atoms with E-state index in [0.29, 0.717) is 21.3 Å². The highest BCUT2D eigenvalue weighted by atomic mass is 35.5. The van der Waals surface area contributed by atoms with Crippen LogP contribution in [0.3, 0.4) is 0 Å². The predicted octanol–water partition coefficient (Wildman–Crippen LogP) is 3.95. The van der Waals surface area contributed by atoms with Crippen molar-refractivity contribution in [3.05, 3.63) is 52.5 Å². The van der Waals surface area contributed by atoms with Gasteiger partial charge in [0.15, 0.2) is 5.58 Å². The van der Waals surface area contributed by atoms with Crippen LogP contribution in [-0.2, 0) is 9.59 Å². The van der Waals surface area contributed by atoms with E-state index in [1.165, 1.54) is 0 Å². The van der Waals surface area contributed by atoms with Crippen LogP contribution < -0.4 is 10.6 Å². The predicted molar refractivity (Wildman–Crippen MR) is 107 cm³/mol. The van der Waals surface area contributed by atoms with Crippen molar-refractivity contribution in [3.8, 4) is 0 Å². The number of anilines is 1. The van der Waals surface area contributed by atoms with Crippen LogP contribution in [0.5, 0.6) is 0 Å². The van der Waals surface area contributed by atoms with Crippen molar-refractivity contribution in [2.24, 2.45) is 0 Å². The van der Waals surface area contributed by atoms with Gasteiger partial charge in [-0.2, -0.15) is 0 Å². The first-order chi connectivity index (χ1) is 12.9. The standard InChI is InChI=1S/C19H18ClN3O3S/c1-11-4-3-5-14(12(11)2)22-17(24)9-21-18(25)10-27-19-23-15-7-6-13(20)8-16(15)26-19/h3-8H,9-10H2,1-2H3,(H,21,25)(H,22,24). The molecule has 1 heterocycles. The molecule has 0 atom stereocenters. The molecule has 2 N–H and O–H groups in total. The molecule has 0 saturated carbocycles. The van der Waals surface area contributed by atoms with E-state index in [4.69, 9.17) is 16.0 Å². The van der Waals surface area contributed by atoms with Gasteiger partial charge in [0.2, 0.25) is 11.8 Å². The highest BCUT2D eigenvalue weighted by Crippen LogP contribution is 2.25. The van der Waals surface area contributed by atoms with Crippen molar-refractivity contribution in [3.63, 3.8) is 0 Å². The van der Waals surface area contributed by atoms with E-state index in [1.54, 1.807) is 18.2 Å². The van der Waals surface area contributed by atoms with Crippen LogP contribution in [0.2, 0.25) is 5.02 Å². The number of fused-ring (bicyclic) bond motifs is 1. The van der Waals surface area contributed by atoms with E-state index in [2.05, 4.69) is 15.6 Å². The Morgan fingerprint density at radius 3 is 2.81 bits per heavy atom. The largest absolute Gasteiger partial charge is 0.431 e. The fourth-order valence-electron chi connectivity index (χ4n) is 2.38. The molecule has 0 fully saturated rings. The lowest BCUT2D eigenvalue weighted by molar-refractivity contribution is -0.122. The Bertz CT molecular complexity index is 1000. The van der Waals surface area contributed by atoms with E-state index >= 15 is 0 Å². The molecule has 1 aromatic heterocycles. The molecule has 0 aliphatic rings. The van der Waals surface area contributed by atoms with Gasteiger partial charge in [0.25, 0.3) is 5.22 Å². The number of nitrogens with one attached hydrogen (secondary N) is 2. The average molecular weight is 404 g/mol. The molecule has 0 saturated heterocycles. The van der Waals surface area contributed by atoms with E-state index in [1.807, 2.05) is 32.0 Å². The molecular formula is C19H18ClN3O3S. The summed E-state index contributed by atoms with van der Waals surface area (Å²) in [5, 5.41) is 6.32. The fraction of sp³-hybridized carbons (Fsp3) is 0.211. The van der Waals surface area contributed by atoms with Crippen molar-refractivity contribution in [1.29, 1.82) is 0 Å². The highest BCUT2D eigenvalue weighted by Gasteiger charge is 2.11. The minimum Gasteiger partial charge on any atom is -0.431 e. The Kier molecular flexibility index (Phi) is 6.03. The zero-order chi connectivity index (χ0) is 19.4. The molecular weight excluding hydrogens is 386 g/mol. The first kappa shape index (κ1) is 19.3. The minimum atomic E-state index is -0.281. The molecule has 0 radical (unpaired) electrons. The normalized spacial score (nSPS) is 10.8. The van der Waals surface area contributed by atoms with E-state index in [-0.39, 0.29) is 24.1 Å². The third-order valence-corrected chi connectivity index (χ3v) is 5.05. The quantitative estimate of drug-likeness (QED) is 0.609. The number of carbonyl (C=O) groups is 2. The first-order valence-corrected chi connectivity index (χ1v) is 9.60. The Labute approximate surface area is 165 Å². The second-order valence-corrected chi connectivity index (χ2v) is 7.32. The number of nitrogens with zero attached hydrogens (tertiary/aromatic N) is 1. The van der Waals surface area contributed by atoms with Gasteiger partial charge in [-0.15, -0.1) is 0 Å². The number of benzene rings is 2. The molecule has 3 rings (SSSR count). The summed E-state index contributed by atoms with van der Waals surface area (Å²) in [6.07, 6.45) is 0. The zero-order valence-electron chi connectivity index (χ0n) is 14.8. The minimum absolute atomic E-state index is 0.0946. The SMILES string of the molecule is Cc1cccc(NC(=O)CNC(=O)CSc2nc3ccc(Cl)cc3o2)c1C. The highest BCUT2D eigenvalue weighted by molar-refractivity contribution is 7.99. The topological polar surface area (TPSA) is 84.2 Å². The third-order valence-electron chi connectivity index (χ3n) is 3.98. The fourth-order valence-corrected chi connectivity index (χ4v) is 3.21. The van der Waals surface area contributed by atoms with Gasteiger partial charge in [-0.3, -0.25) is 9.59 Å². The Hall–Kier alpha value is -2.51. The number of carbonyl (C=O) groups excluding carboxylic acids is 2. The van der Waals surface area contributed by atoms with Gasteiger partial charge in [0.1, 0.15) is 5.52 Å². The van der Waals surface area contributed by atoms with Gasteiger partial charge in [0.05, 0.1) is 12.3 Å². The first-order valence-electron chi connectivity index (χ1n) is 8.24. The van der Waals surface area contributed by atoms with Crippen LogP contribution in [0.15, 0.2) is 46.0 Å². The number of rotatable bonds is 6. The summed E-state index contributed by atoms with van der Waals surface area (Å²) < 4.78 is 5.54. The third kappa shape index (κ3) is 5.02. The van der Waals surface area contributed by atoms with Crippen molar-refractivity contribution in [1.82, 2.24) is 10.3 Å². The summed E-state index contributed by atoms with van der Waals surface area (Å²) in [6, 6.07) is 10.8. The molecule has 140 valence electrons. The summed E-state index contributed by atoms with van der Waals surface area (Å²) in [4.78, 5) is 28.3. The molecule has 2 aromatic carbocycles. The molecule has 8 heteroatoms. The van der Waals surface area contributed by atoms with Gasteiger partial charge < -0.3 is 15.1 Å². The second-order valence-electron chi connectivity index (χ2n) is 5.95. The number of hydrogen-bond acceptors (Lipinski definition) is 5. The van der Waals surface area contributed by atoms with E-state index in [0.717, 1.165) is 28.6 Å². The van der Waals surface area contributed by atoms with E-state index < -0.39 is 0 Å². The smallest absolute Gasteiger partial charge is 0.257 e. The summed E-state index contributed by atoms with van der Waals surface area (Å²) in [5.41, 5.74) is 4.08. The lowest BCUT2D eigenvalue weighted by Gasteiger charge is -2.10. The molecule has 27 heavy (non-hydrogen) atoms. The van der Waals surface area contributed by atoms with Crippen LogP contribution in [-0.4, -0.2) is 29.1 Å². The lowest BCUT2D eigenvalue weighted by atomic mass is 10.1. The van der Waals surface area contributed by atoms with Gasteiger partial charge in [-0.05, 0) is 43.2 Å². The lowest BCUT2D eigenvalue weighted by Crippen LogP contribution is -2.34. The van der Waals surface area contributed by atoms with Crippen LogP contribution >= 0.6 is 23.4 Å². The molecule has 6 nitrogen and oxygen atoms in total. The van der Waals surface area contributed by atoms with Gasteiger partial charge >= 0.3 is 0 Å². The van der Waals surface area contributed by atoms with Gasteiger partial charge in [-0.1, -0.05) is 35.5 Å². The number of halogens is 1. The van der Waals surface area contributed by atoms with E-state index in [9.17, 15) is 9.59 Å². The maximum atomic E-state index is 12.0. The summed E-state index contributed by atoms with van der Waals surface area (Å²) in [5.74, 6) is -0.466. The Balaban J connectivity index is 1.47. The van der Waals surface area contributed by atoms with Crippen LogP contribution in [0.25, 0.3) is 11.1 Å². The van der Waals surface area contributed by atoms with Crippen LogP contribution in [0.4, 0.5) is 5.69 Å². The van der Waals surface area contributed by atoms with Crippen molar-refractivity contribution in [2.75, 3.05) is 17.6 Å². The maximum absolute atomic E-state index is 12.0. The number of amides is 2. The molecule has 0 aliphatic heterocycles. The Morgan fingerprint density at radius 2 is 2.00 bits per heavy atom. The molecule has 0 unspecified atom stereocenters. The number of aryl methyl sites for hydroxylation is 1. The van der Waals surface area contributed by atoms with Crippen molar-refractivity contribution in [2.45, 2.75) is 19.1 Å². The number of aromatic nitrogens is 1. The average Bonchev–Trinajstić information content (AvgIpc) is 3.04. The van der Waals surface area contributed by atoms with Crippen molar-refractivity contribution < 1.29 is 14.0 Å². The number of oxazole rings is 1. The summed E-state index contributed by atoms with van der Waals surface area (Å²) in [6.45, 7) is 3.81. The molecule has 3 aromatic rings. The summed E-state index contributed by atoms with van der Waals surface area (Å²) >= 11 is 7.06. The number of hydrogen-bond donors (Lipinski definition) is 2.